The van der Waals surface area contributed by atoms with Crippen LogP contribution >= 0.6 is 0 Å². The predicted molar refractivity (Wildman–Crippen MR) is 115 cm³/mol. The van der Waals surface area contributed by atoms with Gasteiger partial charge in [-0.2, -0.15) is 5.26 Å². The van der Waals surface area contributed by atoms with Crippen LogP contribution in [0.25, 0.3) is 11.1 Å². The second-order valence-corrected chi connectivity index (χ2v) is 8.83. The van der Waals surface area contributed by atoms with E-state index < -0.39 is 5.54 Å². The molecule has 31 heavy (non-hydrogen) atoms. The van der Waals surface area contributed by atoms with Crippen molar-refractivity contribution in [3.05, 3.63) is 47.8 Å². The van der Waals surface area contributed by atoms with Crippen LogP contribution in [0.1, 0.15) is 44.2 Å². The van der Waals surface area contributed by atoms with Gasteiger partial charge in [0.2, 0.25) is 0 Å². The number of aliphatic imine (C=N–C) groups is 1. The van der Waals surface area contributed by atoms with E-state index in [1.165, 1.54) is 0 Å². The first-order valence-electron chi connectivity index (χ1n) is 10.8. The van der Waals surface area contributed by atoms with Crippen molar-refractivity contribution in [2.24, 2.45) is 16.6 Å². The van der Waals surface area contributed by atoms with Crippen LogP contribution in [0.15, 0.2) is 41.7 Å². The quantitative estimate of drug-likeness (QED) is 0.818. The van der Waals surface area contributed by atoms with Gasteiger partial charge in [0, 0.05) is 29.4 Å². The number of pyridine rings is 1. The van der Waals surface area contributed by atoms with Gasteiger partial charge in [-0.15, -0.1) is 0 Å². The van der Waals surface area contributed by atoms with Crippen molar-refractivity contribution in [2.75, 3.05) is 6.61 Å². The van der Waals surface area contributed by atoms with Crippen molar-refractivity contribution in [2.45, 2.75) is 57.0 Å². The van der Waals surface area contributed by atoms with E-state index >= 15 is 0 Å². The maximum Gasteiger partial charge on any atom is 0.283 e. The molecular weight excluding hydrogens is 392 g/mol. The molecule has 1 saturated carbocycles. The molecule has 2 aliphatic heterocycles. The highest BCUT2D eigenvalue weighted by Gasteiger charge is 2.55. The molecule has 1 aromatic heterocycles. The van der Waals surface area contributed by atoms with Gasteiger partial charge in [0.05, 0.1) is 17.8 Å². The first-order valence-corrected chi connectivity index (χ1v) is 10.8. The fourth-order valence-corrected chi connectivity index (χ4v) is 5.20. The summed E-state index contributed by atoms with van der Waals surface area (Å²) in [7, 11) is 0. The van der Waals surface area contributed by atoms with Crippen molar-refractivity contribution in [1.82, 2.24) is 4.98 Å². The van der Waals surface area contributed by atoms with Crippen molar-refractivity contribution in [1.29, 1.82) is 5.26 Å². The number of nitriles is 1. The molecule has 3 heterocycles. The van der Waals surface area contributed by atoms with E-state index in [9.17, 15) is 5.26 Å². The van der Waals surface area contributed by atoms with Crippen molar-refractivity contribution in [3.8, 4) is 22.9 Å². The number of amidine groups is 1. The molecule has 1 aromatic carbocycles. The lowest BCUT2D eigenvalue weighted by molar-refractivity contribution is -0.0791. The van der Waals surface area contributed by atoms with Crippen LogP contribution in [0.3, 0.4) is 0 Å². The number of nitrogens with two attached hydrogens (primary N) is 1. The average Bonchev–Trinajstić information content (AvgIpc) is 3.16. The summed E-state index contributed by atoms with van der Waals surface area (Å²) in [4.78, 5) is 9.06. The maximum atomic E-state index is 9.24. The number of fused-ring (bicyclic) bond motifs is 4. The van der Waals surface area contributed by atoms with E-state index in [4.69, 9.17) is 24.9 Å². The van der Waals surface area contributed by atoms with Gasteiger partial charge in [-0.05, 0) is 56.9 Å². The predicted octanol–water partition coefficient (Wildman–Crippen LogP) is 3.52. The molecule has 0 amide bonds. The third-order valence-corrected chi connectivity index (χ3v) is 6.49. The van der Waals surface area contributed by atoms with Crippen LogP contribution in [0.5, 0.6) is 5.75 Å². The Hall–Kier alpha value is -3.11. The van der Waals surface area contributed by atoms with E-state index in [0.29, 0.717) is 12.2 Å². The van der Waals surface area contributed by atoms with Crippen LogP contribution in [-0.4, -0.2) is 35.9 Å². The number of ether oxygens (including phenoxy) is 3. The lowest BCUT2D eigenvalue weighted by Crippen LogP contribution is -2.52. The van der Waals surface area contributed by atoms with Crippen molar-refractivity contribution < 1.29 is 14.2 Å². The molecule has 160 valence electrons. The van der Waals surface area contributed by atoms with Gasteiger partial charge in [-0.25, -0.2) is 4.99 Å². The third-order valence-electron chi connectivity index (χ3n) is 6.49. The average molecular weight is 418 g/mol. The zero-order valence-corrected chi connectivity index (χ0v) is 17.7. The normalized spacial score (nSPS) is 28.8. The van der Waals surface area contributed by atoms with Gasteiger partial charge in [0.1, 0.15) is 30.1 Å². The monoisotopic (exact) mass is 418 g/mol. The topological polar surface area (TPSA) is 103 Å². The largest absolute Gasteiger partial charge is 0.490 e. The smallest absolute Gasteiger partial charge is 0.283 e. The molecule has 2 N–H and O–H groups in total. The molecule has 4 atom stereocenters. The van der Waals surface area contributed by atoms with Gasteiger partial charge in [0.25, 0.3) is 6.02 Å². The third kappa shape index (κ3) is 3.41. The maximum absolute atomic E-state index is 9.24. The summed E-state index contributed by atoms with van der Waals surface area (Å²) < 4.78 is 18.3. The van der Waals surface area contributed by atoms with Gasteiger partial charge >= 0.3 is 0 Å². The summed E-state index contributed by atoms with van der Waals surface area (Å²) in [5, 5.41) is 9.24. The lowest BCUT2D eigenvalue weighted by atomic mass is 9.67. The van der Waals surface area contributed by atoms with Gasteiger partial charge in [-0.3, -0.25) is 4.98 Å². The minimum Gasteiger partial charge on any atom is -0.490 e. The first-order chi connectivity index (χ1) is 15.0. The van der Waals surface area contributed by atoms with Gasteiger partial charge in [-0.1, -0.05) is 6.07 Å². The second-order valence-electron chi connectivity index (χ2n) is 8.83. The van der Waals surface area contributed by atoms with Crippen LogP contribution in [0.4, 0.5) is 0 Å². The Morgan fingerprint density at radius 3 is 2.84 bits per heavy atom. The Labute approximate surface area is 181 Å². The molecule has 5 rings (SSSR count). The Bertz CT molecular complexity index is 1080. The fourth-order valence-electron chi connectivity index (χ4n) is 5.20. The van der Waals surface area contributed by atoms with Crippen LogP contribution in [0.2, 0.25) is 0 Å². The molecule has 7 nitrogen and oxygen atoms in total. The SMILES string of the molecule is CC(C)O[C@@H]1CCC2Oc3ccc(-c4cncc(C#N)c4)cc3C3(COC(N)=N3)[C@H]2C1. The summed E-state index contributed by atoms with van der Waals surface area (Å²) in [6, 6.07) is 10.3. The van der Waals surface area contributed by atoms with E-state index in [1.807, 2.05) is 18.2 Å². The molecule has 3 aliphatic rings. The fraction of sp³-hybridized carbons (Fsp3) is 0.458. The lowest BCUT2D eigenvalue weighted by Gasteiger charge is -2.48. The van der Waals surface area contributed by atoms with Crippen LogP contribution in [0, 0.1) is 17.2 Å². The molecule has 2 aromatic rings. The highest BCUT2D eigenvalue weighted by atomic mass is 16.5. The highest BCUT2D eigenvalue weighted by Crippen LogP contribution is 2.53. The summed E-state index contributed by atoms with van der Waals surface area (Å²) in [6.07, 6.45) is 6.44. The van der Waals surface area contributed by atoms with Crippen LogP contribution < -0.4 is 10.5 Å². The van der Waals surface area contributed by atoms with E-state index in [0.717, 1.165) is 41.7 Å². The summed E-state index contributed by atoms with van der Waals surface area (Å²) in [5.74, 6) is 0.928. The molecule has 0 saturated heterocycles. The number of hydrogen-bond acceptors (Lipinski definition) is 7. The number of hydrogen-bond donors (Lipinski definition) is 1. The van der Waals surface area contributed by atoms with Crippen LogP contribution in [-0.2, 0) is 15.0 Å². The number of benzene rings is 1. The Morgan fingerprint density at radius 1 is 1.23 bits per heavy atom. The zero-order valence-electron chi connectivity index (χ0n) is 17.7. The second kappa shape index (κ2) is 7.54. The standard InChI is InChI=1S/C24H26N4O3/c1-14(2)30-18-4-6-22-20(9-18)24(13-29-23(26)28-24)19-8-16(3-5-21(19)31-22)17-7-15(10-25)11-27-12-17/h3,5,7-8,11-12,14,18,20,22H,4,6,9,13H2,1-2H3,(H2,26,28)/t18-,20+,22?,24?/m1/s1. The first kappa shape index (κ1) is 19.8. The van der Waals surface area contributed by atoms with Crippen molar-refractivity contribution >= 4 is 6.02 Å². The van der Waals surface area contributed by atoms with Gasteiger partial charge < -0.3 is 19.9 Å². The Morgan fingerprint density at radius 2 is 2.10 bits per heavy atom. The summed E-state index contributed by atoms with van der Waals surface area (Å²) in [6.45, 7) is 4.53. The molecular formula is C24H26N4O3. The minimum atomic E-state index is -0.600. The number of nitrogens with zero attached hydrogens (tertiary/aromatic N) is 3. The molecule has 1 aliphatic carbocycles. The Kier molecular flexibility index (Phi) is 4.82. The summed E-state index contributed by atoms with van der Waals surface area (Å²) >= 11 is 0. The van der Waals surface area contributed by atoms with Crippen molar-refractivity contribution in [3.63, 3.8) is 0 Å². The molecule has 1 spiro atoms. The molecule has 7 heteroatoms. The van der Waals surface area contributed by atoms with E-state index in [-0.39, 0.29) is 30.3 Å². The van der Waals surface area contributed by atoms with E-state index in [2.05, 4.69) is 31.0 Å². The number of rotatable bonds is 3. The molecule has 0 radical (unpaired) electrons. The Balaban J connectivity index is 1.59. The molecule has 2 unspecified atom stereocenters. The number of aromatic nitrogens is 1. The molecule has 1 fully saturated rings. The zero-order chi connectivity index (χ0) is 21.6. The molecule has 0 bridgehead atoms. The van der Waals surface area contributed by atoms with E-state index in [1.54, 1.807) is 12.4 Å². The minimum absolute atomic E-state index is 0.0483. The highest BCUT2D eigenvalue weighted by molar-refractivity contribution is 5.75. The van der Waals surface area contributed by atoms with Gasteiger partial charge in [0.15, 0.2) is 0 Å². The summed E-state index contributed by atoms with van der Waals surface area (Å²) in [5.41, 5.74) is 8.75.